The van der Waals surface area contributed by atoms with E-state index in [9.17, 15) is 9.18 Å². The number of ether oxygens (including phenoxy) is 1. The summed E-state index contributed by atoms with van der Waals surface area (Å²) in [4.78, 5) is 34.8. The highest BCUT2D eigenvalue weighted by Gasteiger charge is 2.25. The Morgan fingerprint density at radius 3 is 2.59 bits per heavy atom. The zero-order valence-electron chi connectivity index (χ0n) is 22.3. The summed E-state index contributed by atoms with van der Waals surface area (Å²) in [5, 5.41) is 3.14. The lowest BCUT2D eigenvalue weighted by Crippen LogP contribution is -2.43. The Balaban J connectivity index is 1.42. The molecule has 39 heavy (non-hydrogen) atoms. The second-order valence-electron chi connectivity index (χ2n) is 9.86. The number of pyridine rings is 1. The fraction of sp³-hybridized carbons (Fsp3) is 0.333. The Hall–Kier alpha value is -4.16. The standard InChI is InChI=1S/C27H30F2N8O2/c1-16-11-19-23(29)21(12-20(28)24(19)33-16)39-26-22(27(38)35(2)3)25(31-15-32-26)34-17-5-6-18(30-13-17)14-37-9-7-36(4)8-10-37/h5-6,11-13,15,33H,7-10,14H2,1-4H3,(H,31,32,34). The van der Waals surface area contributed by atoms with E-state index in [1.54, 1.807) is 27.2 Å². The number of aromatic amines is 1. The van der Waals surface area contributed by atoms with Gasteiger partial charge in [-0.2, -0.15) is 0 Å². The molecule has 0 aliphatic carbocycles. The molecule has 0 atom stereocenters. The van der Waals surface area contributed by atoms with Crippen LogP contribution in [0.1, 0.15) is 21.7 Å². The molecule has 1 saturated heterocycles. The predicted octanol–water partition coefficient (Wildman–Crippen LogP) is 3.92. The van der Waals surface area contributed by atoms with E-state index in [0.29, 0.717) is 11.4 Å². The Kier molecular flexibility index (Phi) is 7.40. The molecule has 1 aliphatic heterocycles. The largest absolute Gasteiger partial charge is 0.435 e. The van der Waals surface area contributed by atoms with E-state index in [2.05, 4.69) is 42.1 Å². The SMILES string of the molecule is Cc1cc2c(F)c(Oc3ncnc(Nc4ccc(CN5CCN(C)CC5)nc4)c3C(=O)N(C)C)cc(F)c2[nH]1. The second kappa shape index (κ2) is 10.9. The number of hydrogen-bond donors (Lipinski definition) is 2. The van der Waals surface area contributed by atoms with Gasteiger partial charge in [-0.25, -0.2) is 18.7 Å². The molecule has 0 saturated carbocycles. The molecule has 10 nitrogen and oxygen atoms in total. The maximum Gasteiger partial charge on any atom is 0.262 e. The number of hydrogen-bond acceptors (Lipinski definition) is 8. The van der Waals surface area contributed by atoms with Crippen molar-refractivity contribution in [1.82, 2.24) is 34.6 Å². The lowest BCUT2D eigenvalue weighted by Gasteiger charge is -2.32. The molecule has 0 spiro atoms. The first-order valence-corrected chi connectivity index (χ1v) is 12.5. The van der Waals surface area contributed by atoms with Gasteiger partial charge in [-0.05, 0) is 32.2 Å². The van der Waals surface area contributed by atoms with E-state index in [1.807, 2.05) is 12.1 Å². The highest BCUT2D eigenvalue weighted by molar-refractivity contribution is 6.01. The summed E-state index contributed by atoms with van der Waals surface area (Å²) in [7, 11) is 5.24. The van der Waals surface area contributed by atoms with E-state index in [0.717, 1.165) is 44.5 Å². The van der Waals surface area contributed by atoms with Crippen molar-refractivity contribution in [3.8, 4) is 11.6 Å². The van der Waals surface area contributed by atoms with Gasteiger partial charge < -0.3 is 24.8 Å². The summed E-state index contributed by atoms with van der Waals surface area (Å²) >= 11 is 0. The molecule has 0 unspecified atom stereocenters. The van der Waals surface area contributed by atoms with Crippen LogP contribution in [0.3, 0.4) is 0 Å². The van der Waals surface area contributed by atoms with Gasteiger partial charge >= 0.3 is 0 Å². The lowest BCUT2D eigenvalue weighted by atomic mass is 10.2. The molecule has 12 heteroatoms. The van der Waals surface area contributed by atoms with Crippen LogP contribution in [-0.2, 0) is 6.54 Å². The highest BCUT2D eigenvalue weighted by Crippen LogP contribution is 2.35. The third-order valence-corrected chi connectivity index (χ3v) is 6.61. The number of amides is 1. The summed E-state index contributed by atoms with van der Waals surface area (Å²) < 4.78 is 35.6. The molecule has 4 heterocycles. The number of anilines is 2. The summed E-state index contributed by atoms with van der Waals surface area (Å²) in [6, 6.07) is 6.18. The van der Waals surface area contributed by atoms with Crippen molar-refractivity contribution < 1.29 is 18.3 Å². The van der Waals surface area contributed by atoms with E-state index in [4.69, 9.17) is 4.74 Å². The monoisotopic (exact) mass is 536 g/mol. The molecule has 3 aromatic heterocycles. The van der Waals surface area contributed by atoms with Crippen LogP contribution >= 0.6 is 0 Å². The van der Waals surface area contributed by atoms with Crippen LogP contribution in [0, 0.1) is 18.6 Å². The smallest absolute Gasteiger partial charge is 0.262 e. The Morgan fingerprint density at radius 2 is 1.90 bits per heavy atom. The molecule has 0 radical (unpaired) electrons. The molecule has 5 rings (SSSR count). The molecule has 0 bridgehead atoms. The summed E-state index contributed by atoms with van der Waals surface area (Å²) in [6.45, 7) is 6.46. The number of aryl methyl sites for hydroxylation is 1. The van der Waals surface area contributed by atoms with Crippen LogP contribution in [-0.4, -0.2) is 87.9 Å². The number of piperazine rings is 1. The van der Waals surface area contributed by atoms with Gasteiger partial charge in [-0.1, -0.05) is 0 Å². The van der Waals surface area contributed by atoms with Gasteiger partial charge in [0.15, 0.2) is 23.2 Å². The number of nitrogens with one attached hydrogen (secondary N) is 2. The molecule has 4 aromatic rings. The van der Waals surface area contributed by atoms with Gasteiger partial charge in [-0.3, -0.25) is 14.7 Å². The molecule has 1 aliphatic rings. The minimum Gasteiger partial charge on any atom is -0.435 e. The van der Waals surface area contributed by atoms with Crippen molar-refractivity contribution in [2.75, 3.05) is 52.6 Å². The van der Waals surface area contributed by atoms with Gasteiger partial charge in [0.2, 0.25) is 5.88 Å². The summed E-state index contributed by atoms with van der Waals surface area (Å²) in [6.07, 6.45) is 2.85. The molecule has 1 aromatic carbocycles. The van der Waals surface area contributed by atoms with Crippen molar-refractivity contribution in [3.63, 3.8) is 0 Å². The van der Waals surface area contributed by atoms with Crippen molar-refractivity contribution in [2.45, 2.75) is 13.5 Å². The van der Waals surface area contributed by atoms with Crippen LogP contribution in [0.5, 0.6) is 11.6 Å². The Morgan fingerprint density at radius 1 is 1.13 bits per heavy atom. The number of carbonyl (C=O) groups excluding carboxylic acids is 1. The molecule has 2 N–H and O–H groups in total. The number of likely N-dealkylation sites (N-methyl/N-ethyl adjacent to an activating group) is 1. The summed E-state index contributed by atoms with van der Waals surface area (Å²) in [5.74, 6) is -2.40. The maximum absolute atomic E-state index is 15.2. The van der Waals surface area contributed by atoms with Crippen molar-refractivity contribution in [1.29, 1.82) is 0 Å². The van der Waals surface area contributed by atoms with Crippen molar-refractivity contribution in [2.24, 2.45) is 0 Å². The first-order chi connectivity index (χ1) is 18.7. The van der Waals surface area contributed by atoms with Gasteiger partial charge in [0.25, 0.3) is 5.91 Å². The van der Waals surface area contributed by atoms with E-state index >= 15 is 4.39 Å². The molecular formula is C27H30F2N8O2. The third-order valence-electron chi connectivity index (χ3n) is 6.61. The van der Waals surface area contributed by atoms with Gasteiger partial charge in [-0.15, -0.1) is 0 Å². The van der Waals surface area contributed by atoms with E-state index < -0.39 is 23.3 Å². The number of rotatable bonds is 7. The quantitative estimate of drug-likeness (QED) is 0.367. The van der Waals surface area contributed by atoms with Crippen LogP contribution in [0.25, 0.3) is 10.9 Å². The van der Waals surface area contributed by atoms with Gasteiger partial charge in [0.1, 0.15) is 11.9 Å². The van der Waals surface area contributed by atoms with Crippen LogP contribution in [0.2, 0.25) is 0 Å². The fourth-order valence-electron chi connectivity index (χ4n) is 4.43. The minimum atomic E-state index is -0.771. The Labute approximate surface area is 224 Å². The third kappa shape index (κ3) is 5.66. The minimum absolute atomic E-state index is 0.0332. The predicted molar refractivity (Wildman–Crippen MR) is 143 cm³/mol. The molecule has 204 valence electrons. The molecular weight excluding hydrogens is 506 g/mol. The number of nitrogens with zero attached hydrogens (tertiary/aromatic N) is 6. The maximum atomic E-state index is 15.2. The summed E-state index contributed by atoms with van der Waals surface area (Å²) in [5.41, 5.74) is 2.12. The zero-order chi connectivity index (χ0) is 27.7. The number of benzene rings is 1. The number of halogens is 2. The average molecular weight is 537 g/mol. The normalized spacial score (nSPS) is 14.5. The number of fused-ring (bicyclic) bond motifs is 1. The number of carbonyl (C=O) groups is 1. The van der Waals surface area contributed by atoms with Crippen LogP contribution in [0.15, 0.2) is 36.8 Å². The topological polar surface area (TPSA) is 103 Å². The first kappa shape index (κ1) is 26.4. The van der Waals surface area contributed by atoms with Crippen molar-refractivity contribution >= 4 is 28.3 Å². The zero-order valence-corrected chi connectivity index (χ0v) is 22.3. The van der Waals surface area contributed by atoms with Crippen LogP contribution < -0.4 is 10.1 Å². The Bertz CT molecular complexity index is 1500. The van der Waals surface area contributed by atoms with Crippen LogP contribution in [0.4, 0.5) is 20.3 Å². The molecule has 1 fully saturated rings. The average Bonchev–Trinajstić information content (AvgIpc) is 3.32. The molecule has 1 amide bonds. The van der Waals surface area contributed by atoms with Gasteiger partial charge in [0, 0.05) is 64.0 Å². The second-order valence-corrected chi connectivity index (χ2v) is 9.86. The first-order valence-electron chi connectivity index (χ1n) is 12.5. The van der Waals surface area contributed by atoms with E-state index in [1.165, 1.54) is 17.3 Å². The van der Waals surface area contributed by atoms with Gasteiger partial charge in [0.05, 0.1) is 23.1 Å². The lowest BCUT2D eigenvalue weighted by molar-refractivity contribution is 0.0825. The van der Waals surface area contributed by atoms with E-state index in [-0.39, 0.29) is 28.2 Å². The number of H-pyrrole nitrogens is 1. The highest BCUT2D eigenvalue weighted by atomic mass is 19.1. The van der Waals surface area contributed by atoms with Crippen molar-refractivity contribution in [3.05, 3.63) is 65.4 Å². The number of aromatic nitrogens is 4. The fourth-order valence-corrected chi connectivity index (χ4v) is 4.43.